The van der Waals surface area contributed by atoms with Crippen molar-refractivity contribution in [2.24, 2.45) is 5.73 Å². The molecule has 0 unspecified atom stereocenters. The summed E-state index contributed by atoms with van der Waals surface area (Å²) < 4.78 is 6.49. The van der Waals surface area contributed by atoms with E-state index in [1.54, 1.807) is 11.4 Å². The Labute approximate surface area is 307 Å². The Morgan fingerprint density at radius 3 is 1.84 bits per heavy atom. The molecule has 3 N–H and O–H groups in total. The van der Waals surface area contributed by atoms with Gasteiger partial charge in [0.05, 0.1) is 16.7 Å². The number of thiophene rings is 1. The molecule has 4 aromatic rings. The van der Waals surface area contributed by atoms with Gasteiger partial charge in [-0.25, -0.2) is 4.79 Å². The van der Waals surface area contributed by atoms with Crippen LogP contribution in [0.15, 0.2) is 72.1 Å². The van der Waals surface area contributed by atoms with Crippen molar-refractivity contribution in [3.8, 4) is 10.4 Å². The molecular weight excluding hydrogens is 657 g/mol. The maximum absolute atomic E-state index is 14.0. The van der Waals surface area contributed by atoms with E-state index in [0.29, 0.717) is 22.5 Å². The van der Waals surface area contributed by atoms with Crippen LogP contribution in [-0.4, -0.2) is 50.5 Å². The first-order valence-electron chi connectivity index (χ1n) is 18.5. The minimum atomic E-state index is -1.18. The van der Waals surface area contributed by atoms with Crippen LogP contribution >= 0.6 is 11.3 Å². The van der Waals surface area contributed by atoms with E-state index in [4.69, 9.17) is 10.5 Å². The normalized spacial score (nSPS) is 13.1. The molecular formula is C42H52N4O4S. The standard InChI is InChI=1S/C42H52N4O4S/c1-6-11-12-13-14-15-26-44-40(48)37-35(39(43)47)28-51-38(37)29-16-25-36-34(27-29)41(49)50-42(36,30-17-21-32(22-18-30)45(7-2)8-3)31-19-23-33(24-20-31)46(9-4)10-5/h16-25,27-28H,6-15,26H2,1-5H3,(H2,43,47)(H,44,48). The molecule has 9 heteroatoms. The van der Waals surface area contributed by atoms with Gasteiger partial charge in [-0.2, -0.15) is 0 Å². The van der Waals surface area contributed by atoms with Gasteiger partial charge in [0.15, 0.2) is 5.60 Å². The van der Waals surface area contributed by atoms with Gasteiger partial charge in [0.25, 0.3) is 5.91 Å². The van der Waals surface area contributed by atoms with Crippen molar-refractivity contribution in [1.82, 2.24) is 5.32 Å². The zero-order valence-corrected chi connectivity index (χ0v) is 31.5. The lowest BCUT2D eigenvalue weighted by Crippen LogP contribution is -2.30. The molecule has 0 saturated carbocycles. The lowest BCUT2D eigenvalue weighted by atomic mass is 9.79. The minimum absolute atomic E-state index is 0.175. The summed E-state index contributed by atoms with van der Waals surface area (Å²) in [6.07, 6.45) is 6.62. The molecule has 3 aromatic carbocycles. The molecule has 51 heavy (non-hydrogen) atoms. The number of unbranched alkanes of at least 4 members (excludes halogenated alkanes) is 5. The molecule has 2 heterocycles. The first-order chi connectivity index (χ1) is 24.7. The number of ether oxygens (including phenoxy) is 1. The molecule has 1 aliphatic heterocycles. The Morgan fingerprint density at radius 2 is 1.31 bits per heavy atom. The van der Waals surface area contributed by atoms with E-state index in [0.717, 1.165) is 73.5 Å². The van der Waals surface area contributed by atoms with E-state index in [1.165, 1.54) is 30.6 Å². The third-order valence-corrected chi connectivity index (χ3v) is 11.1. The number of carbonyl (C=O) groups is 3. The Hall–Kier alpha value is -4.63. The molecule has 8 nitrogen and oxygen atoms in total. The van der Waals surface area contributed by atoms with Crippen molar-refractivity contribution < 1.29 is 19.1 Å². The van der Waals surface area contributed by atoms with Gasteiger partial charge in [0, 0.05) is 71.0 Å². The van der Waals surface area contributed by atoms with Crippen LogP contribution in [0.5, 0.6) is 0 Å². The second-order valence-corrected chi connectivity index (χ2v) is 13.9. The fourth-order valence-electron chi connectivity index (χ4n) is 7.17. The van der Waals surface area contributed by atoms with Crippen LogP contribution < -0.4 is 20.9 Å². The van der Waals surface area contributed by atoms with Gasteiger partial charge in [-0.15, -0.1) is 11.3 Å². The number of nitrogens with zero attached hydrogens (tertiary/aromatic N) is 2. The third-order valence-electron chi connectivity index (χ3n) is 10.0. The highest BCUT2D eigenvalue weighted by Gasteiger charge is 2.49. The Bertz CT molecular complexity index is 1750. The number of amides is 2. The number of carbonyl (C=O) groups excluding carboxylic acids is 3. The van der Waals surface area contributed by atoms with Crippen LogP contribution in [0.2, 0.25) is 0 Å². The van der Waals surface area contributed by atoms with E-state index in [1.807, 2.05) is 36.4 Å². The quantitative estimate of drug-likeness (QED) is 0.0791. The topological polar surface area (TPSA) is 105 Å². The van der Waals surface area contributed by atoms with E-state index >= 15 is 0 Å². The molecule has 0 spiro atoms. The van der Waals surface area contributed by atoms with Crippen LogP contribution in [0.4, 0.5) is 11.4 Å². The molecule has 0 saturated heterocycles. The Morgan fingerprint density at radius 1 is 0.765 bits per heavy atom. The van der Waals surface area contributed by atoms with Gasteiger partial charge in [-0.3, -0.25) is 9.59 Å². The molecule has 0 bridgehead atoms. The van der Waals surface area contributed by atoms with E-state index in [-0.39, 0.29) is 17.0 Å². The summed E-state index contributed by atoms with van der Waals surface area (Å²) in [5, 5.41) is 4.63. The van der Waals surface area contributed by atoms with Gasteiger partial charge in [-0.05, 0) is 70.0 Å². The summed E-state index contributed by atoms with van der Waals surface area (Å²) in [6.45, 7) is 14.8. The fraction of sp³-hybridized carbons (Fsp3) is 0.405. The summed E-state index contributed by atoms with van der Waals surface area (Å²) >= 11 is 1.27. The predicted octanol–water partition coefficient (Wildman–Crippen LogP) is 8.76. The maximum atomic E-state index is 14.0. The number of esters is 1. The molecule has 2 amide bonds. The highest BCUT2D eigenvalue weighted by Crippen LogP contribution is 2.49. The molecule has 1 aromatic heterocycles. The zero-order chi connectivity index (χ0) is 36.5. The zero-order valence-electron chi connectivity index (χ0n) is 30.7. The summed E-state index contributed by atoms with van der Waals surface area (Å²) in [5.41, 5.74) is 10.7. The molecule has 270 valence electrons. The highest BCUT2D eigenvalue weighted by molar-refractivity contribution is 7.14. The Kier molecular flexibility index (Phi) is 12.6. The highest BCUT2D eigenvalue weighted by atomic mass is 32.1. The van der Waals surface area contributed by atoms with Gasteiger partial charge in [0.1, 0.15) is 0 Å². The molecule has 0 atom stereocenters. The Balaban J connectivity index is 1.55. The molecule has 1 aliphatic rings. The number of hydrogen-bond acceptors (Lipinski definition) is 7. The summed E-state index contributed by atoms with van der Waals surface area (Å²) in [5.74, 6) is -1.45. The van der Waals surface area contributed by atoms with Crippen LogP contribution in [0.1, 0.15) is 121 Å². The largest absolute Gasteiger partial charge is 0.441 e. The molecule has 0 radical (unpaired) electrons. The monoisotopic (exact) mass is 708 g/mol. The van der Waals surface area contributed by atoms with E-state index in [2.05, 4.69) is 74.0 Å². The smallest absolute Gasteiger partial charge is 0.340 e. The van der Waals surface area contributed by atoms with Gasteiger partial charge >= 0.3 is 5.97 Å². The number of anilines is 2. The van der Waals surface area contributed by atoms with Crippen LogP contribution in [0.3, 0.4) is 0 Å². The first-order valence-corrected chi connectivity index (χ1v) is 19.4. The summed E-state index contributed by atoms with van der Waals surface area (Å²) in [7, 11) is 0. The van der Waals surface area contributed by atoms with Crippen molar-refractivity contribution in [2.45, 2.75) is 78.7 Å². The lowest BCUT2D eigenvalue weighted by Gasteiger charge is -2.32. The van der Waals surface area contributed by atoms with Crippen molar-refractivity contribution in [1.29, 1.82) is 0 Å². The van der Waals surface area contributed by atoms with Gasteiger partial charge in [-0.1, -0.05) is 75.4 Å². The maximum Gasteiger partial charge on any atom is 0.340 e. The van der Waals surface area contributed by atoms with E-state index < -0.39 is 17.5 Å². The predicted molar refractivity (Wildman–Crippen MR) is 209 cm³/mol. The van der Waals surface area contributed by atoms with Crippen molar-refractivity contribution in [3.63, 3.8) is 0 Å². The lowest BCUT2D eigenvalue weighted by molar-refractivity contribution is 0.0251. The number of fused-ring (bicyclic) bond motifs is 1. The van der Waals surface area contributed by atoms with E-state index in [9.17, 15) is 14.4 Å². The molecule has 0 aliphatic carbocycles. The van der Waals surface area contributed by atoms with Crippen LogP contribution in [0.25, 0.3) is 10.4 Å². The van der Waals surface area contributed by atoms with Gasteiger partial charge in [0.2, 0.25) is 5.91 Å². The number of rotatable bonds is 18. The van der Waals surface area contributed by atoms with Crippen molar-refractivity contribution in [3.05, 3.63) is 105 Å². The number of cyclic esters (lactones) is 1. The number of nitrogens with one attached hydrogen (secondary N) is 1. The number of benzene rings is 3. The number of hydrogen-bond donors (Lipinski definition) is 2. The average molecular weight is 709 g/mol. The molecule has 0 fully saturated rings. The van der Waals surface area contributed by atoms with Crippen molar-refractivity contribution >= 4 is 40.5 Å². The third kappa shape index (κ3) is 7.69. The first kappa shape index (κ1) is 37.6. The molecule has 5 rings (SSSR count). The second-order valence-electron chi connectivity index (χ2n) is 13.0. The number of primary amides is 1. The van der Waals surface area contributed by atoms with Crippen LogP contribution in [-0.2, 0) is 10.3 Å². The SMILES string of the molecule is CCCCCCCCNC(=O)c1c(C(N)=O)csc1-c1ccc2c(c1)C(=O)OC2(c1ccc(N(CC)CC)cc1)c1ccc(N(CC)CC)cc1. The van der Waals surface area contributed by atoms with Crippen molar-refractivity contribution in [2.75, 3.05) is 42.5 Å². The summed E-state index contributed by atoms with van der Waals surface area (Å²) in [4.78, 5) is 45.1. The van der Waals surface area contributed by atoms with Gasteiger partial charge < -0.3 is 25.6 Å². The second kappa shape index (κ2) is 17.1. The summed E-state index contributed by atoms with van der Waals surface area (Å²) in [6, 6.07) is 22.2. The fourth-order valence-corrected chi connectivity index (χ4v) is 8.22. The number of nitrogens with two attached hydrogens (primary N) is 1. The van der Waals surface area contributed by atoms with Crippen LogP contribution in [0, 0.1) is 0 Å². The minimum Gasteiger partial charge on any atom is -0.441 e. The average Bonchev–Trinajstić information content (AvgIpc) is 3.73.